The van der Waals surface area contributed by atoms with Gasteiger partial charge in [0.25, 0.3) is 0 Å². The molecule has 5 heteroatoms. The van der Waals surface area contributed by atoms with Crippen molar-refractivity contribution in [3.63, 3.8) is 0 Å². The van der Waals surface area contributed by atoms with Crippen LogP contribution in [0.1, 0.15) is 36.7 Å². The molecule has 0 radical (unpaired) electrons. The van der Waals surface area contributed by atoms with Gasteiger partial charge in [-0.2, -0.15) is 0 Å². The fourth-order valence-electron chi connectivity index (χ4n) is 2.65. The second kappa shape index (κ2) is 8.63. The summed E-state index contributed by atoms with van der Waals surface area (Å²) in [5, 5.41) is 0. The fraction of sp³-hybridized carbons (Fsp3) is 0.588. The molecule has 2 N–H and O–H groups in total. The summed E-state index contributed by atoms with van der Waals surface area (Å²) in [5.41, 5.74) is 9.02. The molecule has 0 aromatic heterocycles. The lowest BCUT2D eigenvalue weighted by molar-refractivity contribution is 0.0602. The lowest BCUT2D eigenvalue weighted by Crippen LogP contribution is -2.46. The molecule has 1 heterocycles. The Morgan fingerprint density at radius 3 is 2.32 bits per heavy atom. The van der Waals surface area contributed by atoms with Crippen molar-refractivity contribution in [2.24, 2.45) is 0 Å². The normalized spacial score (nSPS) is 15.0. The van der Waals surface area contributed by atoms with Crippen LogP contribution in [0.5, 0.6) is 0 Å². The fourth-order valence-corrected chi connectivity index (χ4v) is 2.65. The largest absolute Gasteiger partial charge is 0.465 e. The minimum atomic E-state index is -0.379. The Labute approximate surface area is 134 Å². The highest BCUT2D eigenvalue weighted by Gasteiger charge is 2.20. The van der Waals surface area contributed by atoms with E-state index >= 15 is 0 Å². The first kappa shape index (κ1) is 18.3. The van der Waals surface area contributed by atoms with E-state index in [1.807, 2.05) is 32.9 Å². The number of carbonyl (C=O) groups excluding carboxylic acids is 1. The number of nitrogen functional groups attached to an aromatic ring is 1. The molecule has 1 aliphatic heterocycles. The van der Waals surface area contributed by atoms with Gasteiger partial charge in [0, 0.05) is 37.6 Å². The van der Waals surface area contributed by atoms with Crippen molar-refractivity contribution < 1.29 is 9.53 Å². The third-order valence-corrected chi connectivity index (χ3v) is 3.93. The van der Waals surface area contributed by atoms with E-state index in [1.54, 1.807) is 0 Å². The van der Waals surface area contributed by atoms with E-state index in [1.165, 1.54) is 7.11 Å². The van der Waals surface area contributed by atoms with Crippen molar-refractivity contribution in [1.29, 1.82) is 0 Å². The monoisotopic (exact) mass is 307 g/mol. The second-order valence-corrected chi connectivity index (χ2v) is 5.14. The zero-order valence-corrected chi connectivity index (χ0v) is 14.5. The average Bonchev–Trinajstić information content (AvgIpc) is 2.56. The number of ether oxygens (including phenoxy) is 1. The van der Waals surface area contributed by atoms with Gasteiger partial charge in [0.2, 0.25) is 0 Å². The molecule has 1 aromatic rings. The second-order valence-electron chi connectivity index (χ2n) is 5.14. The predicted molar refractivity (Wildman–Crippen MR) is 92.6 cm³/mol. The summed E-state index contributed by atoms with van der Waals surface area (Å²) < 4.78 is 4.79. The summed E-state index contributed by atoms with van der Waals surface area (Å²) in [6.07, 6.45) is 0. The van der Waals surface area contributed by atoms with E-state index in [2.05, 4.69) is 16.7 Å². The van der Waals surface area contributed by atoms with Crippen molar-refractivity contribution >= 4 is 17.3 Å². The highest BCUT2D eigenvalue weighted by molar-refractivity contribution is 5.96. The molecule has 0 atom stereocenters. The van der Waals surface area contributed by atoms with Crippen LogP contribution in [-0.4, -0.2) is 50.7 Å². The van der Waals surface area contributed by atoms with Gasteiger partial charge in [-0.1, -0.05) is 20.8 Å². The summed E-state index contributed by atoms with van der Waals surface area (Å²) in [6, 6.07) is 3.71. The van der Waals surface area contributed by atoms with E-state index in [0.717, 1.165) is 44.0 Å². The number of rotatable bonds is 3. The molecule has 0 amide bonds. The van der Waals surface area contributed by atoms with Gasteiger partial charge in [-0.15, -0.1) is 0 Å². The minimum absolute atomic E-state index is 0.379. The first-order valence-corrected chi connectivity index (χ1v) is 8.02. The number of methoxy groups -OCH3 is 1. The molecular weight excluding hydrogens is 278 g/mol. The summed E-state index contributed by atoms with van der Waals surface area (Å²) >= 11 is 0. The molecule has 5 nitrogen and oxygen atoms in total. The standard InChI is InChI=1S/C15H23N3O2.C2H6/c1-4-17-5-7-18(8-6-17)14-10-12(15(19)20-3)13(16)9-11(14)2;1-2/h9-10H,4-8,16H2,1-3H3;1-2H3. The Balaban J connectivity index is 0.00000116. The number of carbonyl (C=O) groups is 1. The number of hydrogen-bond acceptors (Lipinski definition) is 5. The summed E-state index contributed by atoms with van der Waals surface area (Å²) in [5.74, 6) is -0.379. The number of benzene rings is 1. The number of nitrogens with two attached hydrogens (primary N) is 1. The molecule has 0 saturated carbocycles. The Morgan fingerprint density at radius 1 is 1.23 bits per heavy atom. The summed E-state index contributed by atoms with van der Waals surface area (Å²) in [4.78, 5) is 16.5. The summed E-state index contributed by atoms with van der Waals surface area (Å²) in [7, 11) is 1.38. The van der Waals surface area contributed by atoms with Crippen molar-refractivity contribution in [1.82, 2.24) is 4.90 Å². The number of likely N-dealkylation sites (N-methyl/N-ethyl adjacent to an activating group) is 1. The Morgan fingerprint density at radius 2 is 1.82 bits per heavy atom. The number of anilines is 2. The van der Waals surface area contributed by atoms with Gasteiger partial charge in [0.05, 0.1) is 12.7 Å². The van der Waals surface area contributed by atoms with Crippen LogP contribution in [0, 0.1) is 6.92 Å². The van der Waals surface area contributed by atoms with Crippen molar-refractivity contribution in [3.05, 3.63) is 23.3 Å². The lowest BCUT2D eigenvalue weighted by atomic mass is 10.1. The van der Waals surface area contributed by atoms with Crippen LogP contribution in [-0.2, 0) is 4.74 Å². The van der Waals surface area contributed by atoms with E-state index in [-0.39, 0.29) is 5.97 Å². The molecular formula is C17H29N3O2. The molecule has 22 heavy (non-hydrogen) atoms. The number of hydrogen-bond donors (Lipinski definition) is 1. The highest BCUT2D eigenvalue weighted by atomic mass is 16.5. The van der Waals surface area contributed by atoms with Crippen molar-refractivity contribution in [2.75, 3.05) is 50.5 Å². The van der Waals surface area contributed by atoms with Crippen LogP contribution in [0.3, 0.4) is 0 Å². The van der Waals surface area contributed by atoms with Crippen LogP contribution in [0.4, 0.5) is 11.4 Å². The van der Waals surface area contributed by atoms with Gasteiger partial charge in [0.15, 0.2) is 0 Å². The van der Waals surface area contributed by atoms with Gasteiger partial charge in [-0.25, -0.2) is 4.79 Å². The topological polar surface area (TPSA) is 58.8 Å². The number of esters is 1. The molecule has 0 unspecified atom stereocenters. The van der Waals surface area contributed by atoms with E-state index in [0.29, 0.717) is 11.3 Å². The SMILES string of the molecule is CC.CCN1CCN(c2cc(C(=O)OC)c(N)cc2C)CC1. The average molecular weight is 307 g/mol. The minimum Gasteiger partial charge on any atom is -0.465 e. The Hall–Kier alpha value is -1.75. The van der Waals surface area contributed by atoms with Crippen LogP contribution >= 0.6 is 0 Å². The summed E-state index contributed by atoms with van der Waals surface area (Å²) in [6.45, 7) is 13.3. The van der Waals surface area contributed by atoms with Crippen LogP contribution < -0.4 is 10.6 Å². The molecule has 0 bridgehead atoms. The smallest absolute Gasteiger partial charge is 0.340 e. The van der Waals surface area contributed by atoms with Gasteiger partial charge in [-0.05, 0) is 31.2 Å². The number of nitrogens with zero attached hydrogens (tertiary/aromatic N) is 2. The van der Waals surface area contributed by atoms with Crippen molar-refractivity contribution in [2.45, 2.75) is 27.7 Å². The first-order chi connectivity index (χ1) is 10.6. The molecule has 1 saturated heterocycles. The third-order valence-electron chi connectivity index (χ3n) is 3.93. The predicted octanol–water partition coefficient (Wildman–Crippen LogP) is 2.53. The van der Waals surface area contributed by atoms with Crippen LogP contribution in [0.2, 0.25) is 0 Å². The molecule has 124 valence electrons. The maximum atomic E-state index is 11.7. The molecule has 1 aromatic carbocycles. The van der Waals surface area contributed by atoms with E-state index in [4.69, 9.17) is 10.5 Å². The number of aryl methyl sites for hydroxylation is 1. The first-order valence-electron chi connectivity index (χ1n) is 8.02. The van der Waals surface area contributed by atoms with Crippen molar-refractivity contribution in [3.8, 4) is 0 Å². The van der Waals surface area contributed by atoms with Gasteiger partial charge >= 0.3 is 5.97 Å². The molecule has 1 fully saturated rings. The molecule has 1 aliphatic rings. The lowest BCUT2D eigenvalue weighted by Gasteiger charge is -2.36. The molecule has 0 aliphatic carbocycles. The van der Waals surface area contributed by atoms with Gasteiger partial charge < -0.3 is 20.3 Å². The zero-order chi connectivity index (χ0) is 16.7. The van der Waals surface area contributed by atoms with E-state index in [9.17, 15) is 4.79 Å². The van der Waals surface area contributed by atoms with Crippen LogP contribution in [0.25, 0.3) is 0 Å². The third kappa shape index (κ3) is 4.13. The maximum Gasteiger partial charge on any atom is 0.340 e. The zero-order valence-electron chi connectivity index (χ0n) is 14.5. The Kier molecular flexibility index (Phi) is 7.18. The number of piperazine rings is 1. The Bertz CT molecular complexity index is 495. The van der Waals surface area contributed by atoms with Crippen LogP contribution in [0.15, 0.2) is 12.1 Å². The quantitative estimate of drug-likeness (QED) is 0.687. The molecule has 0 spiro atoms. The molecule has 2 rings (SSSR count). The maximum absolute atomic E-state index is 11.7. The van der Waals surface area contributed by atoms with Gasteiger partial charge in [0.1, 0.15) is 0 Å². The van der Waals surface area contributed by atoms with Gasteiger partial charge in [-0.3, -0.25) is 0 Å². The van der Waals surface area contributed by atoms with E-state index < -0.39 is 0 Å². The highest BCUT2D eigenvalue weighted by Crippen LogP contribution is 2.27.